The molecule has 0 aromatic heterocycles. The van der Waals surface area contributed by atoms with E-state index in [-0.39, 0.29) is 17.5 Å². The molecule has 1 aliphatic rings. The Morgan fingerprint density at radius 1 is 0.844 bits per heavy atom. The lowest BCUT2D eigenvalue weighted by molar-refractivity contribution is -0.120. The van der Waals surface area contributed by atoms with Crippen molar-refractivity contribution in [2.24, 2.45) is 0 Å². The molecule has 0 bridgehead atoms. The molecular weight excluding hydrogens is 400 g/mol. The Morgan fingerprint density at radius 3 is 2.19 bits per heavy atom. The van der Waals surface area contributed by atoms with Gasteiger partial charge < -0.3 is 10.1 Å². The van der Waals surface area contributed by atoms with Gasteiger partial charge in [0, 0.05) is 5.69 Å². The zero-order valence-corrected chi connectivity index (χ0v) is 18.5. The average Bonchev–Trinajstić information content (AvgIpc) is 3.04. The SMILES string of the molecule is CCCOc1ccc(C2=C(Nc3ccc(C)cc3)C(=O)N(c3ccccc3C)C2=O)cc1. The van der Waals surface area contributed by atoms with Crippen LogP contribution in [0.5, 0.6) is 5.75 Å². The highest BCUT2D eigenvalue weighted by Gasteiger charge is 2.40. The van der Waals surface area contributed by atoms with Crippen LogP contribution in [0.4, 0.5) is 11.4 Å². The van der Waals surface area contributed by atoms with Gasteiger partial charge in [0.05, 0.1) is 17.9 Å². The van der Waals surface area contributed by atoms with Crippen LogP contribution in [0.15, 0.2) is 78.5 Å². The molecule has 1 aliphatic heterocycles. The number of nitrogens with zero attached hydrogens (tertiary/aromatic N) is 1. The van der Waals surface area contributed by atoms with Gasteiger partial charge >= 0.3 is 0 Å². The predicted molar refractivity (Wildman–Crippen MR) is 128 cm³/mol. The van der Waals surface area contributed by atoms with Gasteiger partial charge in [-0.1, -0.05) is 55.0 Å². The van der Waals surface area contributed by atoms with Crippen molar-refractivity contribution in [1.82, 2.24) is 0 Å². The minimum absolute atomic E-state index is 0.268. The van der Waals surface area contributed by atoms with Crippen molar-refractivity contribution in [2.45, 2.75) is 27.2 Å². The molecule has 5 nitrogen and oxygen atoms in total. The number of ether oxygens (including phenoxy) is 1. The van der Waals surface area contributed by atoms with Crippen molar-refractivity contribution in [3.05, 3.63) is 95.2 Å². The zero-order chi connectivity index (χ0) is 22.7. The van der Waals surface area contributed by atoms with E-state index in [1.807, 2.05) is 87.5 Å². The van der Waals surface area contributed by atoms with Gasteiger partial charge in [-0.05, 0) is 61.7 Å². The maximum Gasteiger partial charge on any atom is 0.282 e. The highest BCUT2D eigenvalue weighted by Crippen LogP contribution is 2.35. The van der Waals surface area contributed by atoms with Gasteiger partial charge in [0.2, 0.25) is 0 Å². The molecule has 0 fully saturated rings. The summed E-state index contributed by atoms with van der Waals surface area (Å²) in [6.45, 7) is 6.56. The highest BCUT2D eigenvalue weighted by molar-refractivity contribution is 6.46. The molecule has 1 heterocycles. The fourth-order valence-electron chi connectivity index (χ4n) is 3.67. The highest BCUT2D eigenvalue weighted by atomic mass is 16.5. The number of para-hydroxylation sites is 1. The lowest BCUT2D eigenvalue weighted by Gasteiger charge is -2.17. The molecule has 3 aromatic carbocycles. The molecule has 0 unspecified atom stereocenters. The number of aryl methyl sites for hydroxylation is 2. The van der Waals surface area contributed by atoms with E-state index in [9.17, 15) is 9.59 Å². The summed E-state index contributed by atoms with van der Waals surface area (Å²) in [5.41, 5.74) is 4.58. The van der Waals surface area contributed by atoms with Crippen LogP contribution in [0.2, 0.25) is 0 Å². The number of anilines is 2. The van der Waals surface area contributed by atoms with E-state index in [4.69, 9.17) is 4.74 Å². The Balaban J connectivity index is 1.77. The molecule has 0 saturated heterocycles. The van der Waals surface area contributed by atoms with Crippen LogP contribution >= 0.6 is 0 Å². The fraction of sp³-hybridized carbons (Fsp3) is 0.185. The van der Waals surface area contributed by atoms with Crippen LogP contribution in [0.25, 0.3) is 5.57 Å². The lowest BCUT2D eigenvalue weighted by Crippen LogP contribution is -2.33. The number of amides is 2. The maximum absolute atomic E-state index is 13.6. The minimum Gasteiger partial charge on any atom is -0.494 e. The average molecular weight is 427 g/mol. The van der Waals surface area contributed by atoms with Gasteiger partial charge in [-0.15, -0.1) is 0 Å². The van der Waals surface area contributed by atoms with Gasteiger partial charge in [-0.2, -0.15) is 0 Å². The Hall–Kier alpha value is -3.86. The van der Waals surface area contributed by atoms with E-state index < -0.39 is 0 Å². The zero-order valence-electron chi connectivity index (χ0n) is 18.5. The van der Waals surface area contributed by atoms with Gasteiger partial charge in [-0.3, -0.25) is 9.59 Å². The molecular formula is C27H26N2O3. The molecule has 5 heteroatoms. The second kappa shape index (κ2) is 9.10. The van der Waals surface area contributed by atoms with Gasteiger partial charge in [0.25, 0.3) is 11.8 Å². The van der Waals surface area contributed by atoms with Crippen LogP contribution in [0.3, 0.4) is 0 Å². The monoisotopic (exact) mass is 426 g/mol. The van der Waals surface area contributed by atoms with E-state index >= 15 is 0 Å². The van der Waals surface area contributed by atoms with E-state index in [2.05, 4.69) is 5.32 Å². The van der Waals surface area contributed by atoms with Crippen LogP contribution < -0.4 is 15.0 Å². The Labute approximate surface area is 188 Å². The second-order valence-corrected chi connectivity index (χ2v) is 7.85. The third-order valence-corrected chi connectivity index (χ3v) is 5.38. The Bertz CT molecular complexity index is 1180. The number of carbonyl (C=O) groups excluding carboxylic acids is 2. The van der Waals surface area contributed by atoms with E-state index in [1.54, 1.807) is 6.07 Å². The third-order valence-electron chi connectivity index (χ3n) is 5.38. The van der Waals surface area contributed by atoms with Crippen LogP contribution in [-0.2, 0) is 9.59 Å². The largest absolute Gasteiger partial charge is 0.494 e. The molecule has 32 heavy (non-hydrogen) atoms. The number of imide groups is 1. The summed E-state index contributed by atoms with van der Waals surface area (Å²) in [4.78, 5) is 28.3. The Morgan fingerprint density at radius 2 is 1.53 bits per heavy atom. The summed E-state index contributed by atoms with van der Waals surface area (Å²) >= 11 is 0. The van der Waals surface area contributed by atoms with Crippen molar-refractivity contribution in [3.63, 3.8) is 0 Å². The topological polar surface area (TPSA) is 58.6 Å². The van der Waals surface area contributed by atoms with E-state index in [1.165, 1.54) is 4.90 Å². The number of carbonyl (C=O) groups is 2. The van der Waals surface area contributed by atoms with E-state index in [0.29, 0.717) is 23.4 Å². The first-order valence-electron chi connectivity index (χ1n) is 10.7. The molecule has 4 rings (SSSR count). The smallest absolute Gasteiger partial charge is 0.282 e. The number of rotatable bonds is 7. The molecule has 2 amide bonds. The second-order valence-electron chi connectivity index (χ2n) is 7.85. The Kier molecular flexibility index (Phi) is 6.08. The van der Waals surface area contributed by atoms with Crippen LogP contribution in [-0.4, -0.2) is 18.4 Å². The van der Waals surface area contributed by atoms with Crippen molar-refractivity contribution >= 4 is 28.8 Å². The quantitative estimate of drug-likeness (QED) is 0.508. The number of nitrogens with one attached hydrogen (secondary N) is 1. The molecule has 0 radical (unpaired) electrons. The van der Waals surface area contributed by atoms with Gasteiger partial charge in [0.15, 0.2) is 0 Å². The normalized spacial score (nSPS) is 13.7. The molecule has 0 atom stereocenters. The van der Waals surface area contributed by atoms with Gasteiger partial charge in [0.1, 0.15) is 11.4 Å². The standard InChI is InChI=1S/C27H26N2O3/c1-4-17-32-22-15-11-20(12-16-22)24-25(28-21-13-9-18(2)10-14-21)27(31)29(26(24)30)23-8-6-5-7-19(23)3/h5-16,28H,4,17H2,1-3H3. The number of hydrogen-bond acceptors (Lipinski definition) is 4. The van der Waals surface area contributed by atoms with Crippen molar-refractivity contribution < 1.29 is 14.3 Å². The summed E-state index contributed by atoms with van der Waals surface area (Å²) in [6.07, 6.45) is 0.913. The lowest BCUT2D eigenvalue weighted by atomic mass is 10.0. The minimum atomic E-state index is -0.369. The number of hydrogen-bond donors (Lipinski definition) is 1. The van der Waals surface area contributed by atoms with E-state index in [0.717, 1.165) is 29.0 Å². The summed E-state index contributed by atoms with van der Waals surface area (Å²) in [5.74, 6) is 0.0177. The fourth-order valence-corrected chi connectivity index (χ4v) is 3.67. The molecule has 0 saturated carbocycles. The van der Waals surface area contributed by atoms with Crippen molar-refractivity contribution in [3.8, 4) is 5.75 Å². The van der Waals surface area contributed by atoms with Crippen molar-refractivity contribution in [2.75, 3.05) is 16.8 Å². The summed E-state index contributed by atoms with van der Waals surface area (Å²) in [7, 11) is 0. The predicted octanol–water partition coefficient (Wildman–Crippen LogP) is 5.49. The van der Waals surface area contributed by atoms with Crippen molar-refractivity contribution in [1.29, 1.82) is 0 Å². The van der Waals surface area contributed by atoms with Crippen LogP contribution in [0.1, 0.15) is 30.0 Å². The molecule has 1 N–H and O–H groups in total. The third kappa shape index (κ3) is 4.14. The number of benzene rings is 3. The first kappa shape index (κ1) is 21.4. The van der Waals surface area contributed by atoms with Gasteiger partial charge in [-0.25, -0.2) is 4.90 Å². The molecule has 162 valence electrons. The molecule has 0 aliphatic carbocycles. The first-order valence-corrected chi connectivity index (χ1v) is 10.7. The first-order chi connectivity index (χ1) is 15.5. The maximum atomic E-state index is 13.6. The summed E-state index contributed by atoms with van der Waals surface area (Å²) in [6, 6.07) is 22.4. The summed E-state index contributed by atoms with van der Waals surface area (Å²) in [5, 5.41) is 3.20. The molecule has 0 spiro atoms. The summed E-state index contributed by atoms with van der Waals surface area (Å²) < 4.78 is 5.67. The van der Waals surface area contributed by atoms with Crippen LogP contribution in [0, 0.1) is 13.8 Å². The molecule has 3 aromatic rings.